The molecule has 1 aromatic carbocycles. The molecule has 0 aliphatic rings. The van der Waals surface area contributed by atoms with Crippen molar-refractivity contribution >= 4 is 22.3 Å². The number of rotatable bonds is 6. The molecule has 2 aromatic rings. The number of benzene rings is 1. The summed E-state index contributed by atoms with van der Waals surface area (Å²) in [4.78, 5) is 4.56. The molecule has 0 radical (unpaired) electrons. The SMILES string of the molecule is CCCCCC(C)Nc1cc(C)nc2ccc(N)cc12. The maximum absolute atomic E-state index is 5.90. The fourth-order valence-corrected chi connectivity index (χ4v) is 2.53. The van der Waals surface area contributed by atoms with E-state index in [2.05, 4.69) is 30.2 Å². The largest absolute Gasteiger partial charge is 0.399 e. The van der Waals surface area contributed by atoms with Gasteiger partial charge in [0.25, 0.3) is 0 Å². The first-order valence-corrected chi connectivity index (χ1v) is 7.53. The Hall–Kier alpha value is -1.77. The van der Waals surface area contributed by atoms with Crippen molar-refractivity contribution in [3.05, 3.63) is 30.0 Å². The molecule has 20 heavy (non-hydrogen) atoms. The second-order valence-corrected chi connectivity index (χ2v) is 5.63. The Balaban J connectivity index is 2.22. The third-order valence-electron chi connectivity index (χ3n) is 3.60. The predicted molar refractivity (Wildman–Crippen MR) is 88.1 cm³/mol. The number of nitrogens with two attached hydrogens (primary N) is 1. The Bertz CT molecular complexity index is 578. The summed E-state index contributed by atoms with van der Waals surface area (Å²) in [6.07, 6.45) is 5.03. The second-order valence-electron chi connectivity index (χ2n) is 5.63. The van der Waals surface area contributed by atoms with Crippen molar-refractivity contribution in [2.75, 3.05) is 11.1 Å². The van der Waals surface area contributed by atoms with E-state index in [0.717, 1.165) is 28.0 Å². The molecule has 0 fully saturated rings. The standard InChI is InChI=1S/C17H25N3/c1-4-5-6-7-12(2)19-17-10-13(3)20-16-9-8-14(18)11-15(16)17/h8-12H,4-7,18H2,1-3H3,(H,19,20). The van der Waals surface area contributed by atoms with E-state index >= 15 is 0 Å². The van der Waals surface area contributed by atoms with Gasteiger partial charge in [0.1, 0.15) is 0 Å². The molecule has 3 N–H and O–H groups in total. The highest BCUT2D eigenvalue weighted by Crippen LogP contribution is 2.26. The summed E-state index contributed by atoms with van der Waals surface area (Å²) in [5.41, 5.74) is 9.86. The van der Waals surface area contributed by atoms with E-state index in [-0.39, 0.29) is 0 Å². The van der Waals surface area contributed by atoms with Crippen LogP contribution >= 0.6 is 0 Å². The zero-order chi connectivity index (χ0) is 14.5. The maximum Gasteiger partial charge on any atom is 0.0727 e. The van der Waals surface area contributed by atoms with Gasteiger partial charge in [0.05, 0.1) is 5.52 Å². The van der Waals surface area contributed by atoms with Gasteiger partial charge in [-0.05, 0) is 44.5 Å². The van der Waals surface area contributed by atoms with Crippen molar-refractivity contribution in [2.45, 2.75) is 52.5 Å². The molecule has 1 heterocycles. The highest BCUT2D eigenvalue weighted by atomic mass is 14.9. The Morgan fingerprint density at radius 1 is 1.25 bits per heavy atom. The van der Waals surface area contributed by atoms with E-state index in [1.54, 1.807) is 0 Å². The zero-order valence-electron chi connectivity index (χ0n) is 12.7. The lowest BCUT2D eigenvalue weighted by Crippen LogP contribution is -2.15. The summed E-state index contributed by atoms with van der Waals surface area (Å²) in [6, 6.07) is 8.47. The van der Waals surface area contributed by atoms with E-state index in [4.69, 9.17) is 5.73 Å². The predicted octanol–water partition coefficient (Wildman–Crippen LogP) is 4.51. The monoisotopic (exact) mass is 271 g/mol. The Kier molecular flexibility index (Phi) is 4.83. The molecule has 1 atom stereocenters. The average Bonchev–Trinajstić information content (AvgIpc) is 2.40. The number of nitrogens with one attached hydrogen (secondary N) is 1. The molecule has 0 aliphatic carbocycles. The molecule has 0 saturated heterocycles. The van der Waals surface area contributed by atoms with Crippen LogP contribution in [-0.4, -0.2) is 11.0 Å². The van der Waals surface area contributed by atoms with Gasteiger partial charge in [-0.1, -0.05) is 26.2 Å². The summed E-state index contributed by atoms with van der Waals surface area (Å²) in [7, 11) is 0. The molecule has 3 heteroatoms. The molecular weight excluding hydrogens is 246 g/mol. The Morgan fingerprint density at radius 2 is 2.05 bits per heavy atom. The van der Waals surface area contributed by atoms with Gasteiger partial charge >= 0.3 is 0 Å². The molecule has 1 unspecified atom stereocenters. The first-order chi connectivity index (χ1) is 9.60. The third-order valence-corrected chi connectivity index (χ3v) is 3.60. The molecule has 0 spiro atoms. The molecular formula is C17H25N3. The molecule has 0 bridgehead atoms. The van der Waals surface area contributed by atoms with E-state index in [1.165, 1.54) is 25.7 Å². The van der Waals surface area contributed by atoms with Crippen LogP contribution in [-0.2, 0) is 0 Å². The van der Waals surface area contributed by atoms with Crippen LogP contribution in [0.5, 0.6) is 0 Å². The minimum Gasteiger partial charge on any atom is -0.399 e. The van der Waals surface area contributed by atoms with Gasteiger partial charge in [-0.15, -0.1) is 0 Å². The number of aromatic nitrogens is 1. The van der Waals surface area contributed by atoms with Gasteiger partial charge in [0.2, 0.25) is 0 Å². The van der Waals surface area contributed by atoms with Crippen molar-refractivity contribution < 1.29 is 0 Å². The van der Waals surface area contributed by atoms with Crippen LogP contribution in [0.3, 0.4) is 0 Å². The first kappa shape index (κ1) is 14.6. The van der Waals surface area contributed by atoms with Gasteiger partial charge in [-0.3, -0.25) is 4.98 Å². The summed E-state index contributed by atoms with van der Waals surface area (Å²) >= 11 is 0. The molecule has 2 rings (SSSR count). The van der Waals surface area contributed by atoms with E-state index in [1.807, 2.05) is 25.1 Å². The molecule has 0 saturated carbocycles. The van der Waals surface area contributed by atoms with Crippen molar-refractivity contribution in [1.29, 1.82) is 0 Å². The lowest BCUT2D eigenvalue weighted by Gasteiger charge is -2.17. The fourth-order valence-electron chi connectivity index (χ4n) is 2.53. The zero-order valence-corrected chi connectivity index (χ0v) is 12.7. The van der Waals surface area contributed by atoms with E-state index < -0.39 is 0 Å². The summed E-state index contributed by atoms with van der Waals surface area (Å²) < 4.78 is 0. The number of nitrogen functional groups attached to an aromatic ring is 1. The van der Waals surface area contributed by atoms with Gasteiger partial charge in [0, 0.05) is 28.5 Å². The lowest BCUT2D eigenvalue weighted by molar-refractivity contribution is 0.615. The number of hydrogen-bond donors (Lipinski definition) is 2. The maximum atomic E-state index is 5.90. The minimum atomic E-state index is 0.466. The van der Waals surface area contributed by atoms with Gasteiger partial charge in [0.15, 0.2) is 0 Å². The number of unbranched alkanes of at least 4 members (excludes halogenated alkanes) is 2. The Labute approximate surface area is 121 Å². The number of pyridine rings is 1. The minimum absolute atomic E-state index is 0.466. The third kappa shape index (κ3) is 3.62. The highest BCUT2D eigenvalue weighted by Gasteiger charge is 2.08. The van der Waals surface area contributed by atoms with Crippen LogP contribution in [0.1, 0.15) is 45.2 Å². The molecule has 3 nitrogen and oxygen atoms in total. The van der Waals surface area contributed by atoms with Crippen LogP contribution in [0, 0.1) is 6.92 Å². The molecule has 1 aromatic heterocycles. The van der Waals surface area contributed by atoms with Crippen LogP contribution in [0.4, 0.5) is 11.4 Å². The quantitative estimate of drug-likeness (QED) is 0.600. The smallest absolute Gasteiger partial charge is 0.0727 e. The van der Waals surface area contributed by atoms with Crippen LogP contribution in [0.25, 0.3) is 10.9 Å². The van der Waals surface area contributed by atoms with E-state index in [0.29, 0.717) is 6.04 Å². The normalized spacial score (nSPS) is 12.6. The summed E-state index contributed by atoms with van der Waals surface area (Å²) in [5.74, 6) is 0. The Morgan fingerprint density at radius 3 is 2.80 bits per heavy atom. The summed E-state index contributed by atoms with van der Waals surface area (Å²) in [5, 5.41) is 4.73. The van der Waals surface area contributed by atoms with Gasteiger partial charge < -0.3 is 11.1 Å². The fraction of sp³-hybridized carbons (Fsp3) is 0.471. The summed E-state index contributed by atoms with van der Waals surface area (Å²) in [6.45, 7) is 6.51. The number of nitrogens with zero attached hydrogens (tertiary/aromatic N) is 1. The second kappa shape index (κ2) is 6.60. The van der Waals surface area contributed by atoms with Crippen LogP contribution in [0.2, 0.25) is 0 Å². The number of anilines is 2. The van der Waals surface area contributed by atoms with Crippen LogP contribution in [0.15, 0.2) is 24.3 Å². The van der Waals surface area contributed by atoms with Gasteiger partial charge in [-0.25, -0.2) is 0 Å². The van der Waals surface area contributed by atoms with Crippen molar-refractivity contribution in [3.63, 3.8) is 0 Å². The number of fused-ring (bicyclic) bond motifs is 1. The first-order valence-electron chi connectivity index (χ1n) is 7.53. The topological polar surface area (TPSA) is 50.9 Å². The van der Waals surface area contributed by atoms with Gasteiger partial charge in [-0.2, -0.15) is 0 Å². The van der Waals surface area contributed by atoms with Crippen LogP contribution < -0.4 is 11.1 Å². The van der Waals surface area contributed by atoms with Crippen molar-refractivity contribution in [3.8, 4) is 0 Å². The van der Waals surface area contributed by atoms with E-state index in [9.17, 15) is 0 Å². The molecule has 0 amide bonds. The van der Waals surface area contributed by atoms with Crippen molar-refractivity contribution in [1.82, 2.24) is 4.98 Å². The number of aryl methyl sites for hydroxylation is 1. The van der Waals surface area contributed by atoms with Crippen molar-refractivity contribution in [2.24, 2.45) is 0 Å². The number of hydrogen-bond acceptors (Lipinski definition) is 3. The highest BCUT2D eigenvalue weighted by molar-refractivity contribution is 5.93. The molecule has 0 aliphatic heterocycles. The molecule has 108 valence electrons. The average molecular weight is 271 g/mol. The lowest BCUT2D eigenvalue weighted by atomic mass is 10.1.